The average Bonchev–Trinajstić information content (AvgIpc) is 2.95. The smallest absolute Gasteiger partial charge is 0.326 e. The van der Waals surface area contributed by atoms with Gasteiger partial charge < -0.3 is 15.7 Å². The second-order valence-corrected chi connectivity index (χ2v) is 4.93. The van der Waals surface area contributed by atoms with Crippen molar-refractivity contribution in [1.82, 2.24) is 4.98 Å². The summed E-state index contributed by atoms with van der Waals surface area (Å²) in [4.78, 5) is 16.8. The van der Waals surface area contributed by atoms with Gasteiger partial charge in [-0.2, -0.15) is 5.26 Å². The molecular formula is C13H12N4O2S. The number of carboxylic acids is 1. The number of benzene rings is 1. The van der Waals surface area contributed by atoms with E-state index in [1.807, 2.05) is 6.07 Å². The first kappa shape index (κ1) is 14.0. The largest absolute Gasteiger partial charge is 0.480 e. The molecule has 1 unspecified atom stereocenters. The summed E-state index contributed by atoms with van der Waals surface area (Å²) in [6.07, 6.45) is 0. The molecule has 0 saturated carbocycles. The minimum atomic E-state index is -1.13. The molecule has 20 heavy (non-hydrogen) atoms. The van der Waals surface area contributed by atoms with Crippen LogP contribution in [0.3, 0.4) is 0 Å². The first-order chi connectivity index (χ1) is 9.52. The Morgan fingerprint density at radius 3 is 3.00 bits per heavy atom. The van der Waals surface area contributed by atoms with Crippen LogP contribution in [-0.4, -0.2) is 23.1 Å². The third-order valence-electron chi connectivity index (χ3n) is 2.74. The number of carboxylic acid groups (broad SMARTS) is 1. The Morgan fingerprint density at radius 2 is 2.35 bits per heavy atom. The molecule has 1 aromatic heterocycles. The van der Waals surface area contributed by atoms with Crippen LogP contribution in [0.2, 0.25) is 0 Å². The van der Waals surface area contributed by atoms with Gasteiger partial charge >= 0.3 is 5.97 Å². The first-order valence-corrected chi connectivity index (χ1v) is 6.58. The van der Waals surface area contributed by atoms with Gasteiger partial charge in [-0.15, -0.1) is 11.3 Å². The van der Waals surface area contributed by atoms with Crippen LogP contribution in [0.1, 0.15) is 17.3 Å². The van der Waals surface area contributed by atoms with Gasteiger partial charge in [0.05, 0.1) is 17.3 Å². The van der Waals surface area contributed by atoms with Crippen LogP contribution in [0, 0.1) is 11.3 Å². The summed E-state index contributed by atoms with van der Waals surface area (Å²) in [5.41, 5.74) is 7.19. The van der Waals surface area contributed by atoms with Crippen molar-refractivity contribution in [3.05, 3.63) is 40.9 Å². The van der Waals surface area contributed by atoms with Gasteiger partial charge in [-0.25, -0.2) is 4.98 Å². The lowest BCUT2D eigenvalue weighted by molar-refractivity contribution is -0.138. The van der Waals surface area contributed by atoms with Crippen molar-refractivity contribution in [2.45, 2.75) is 6.04 Å². The molecule has 0 fully saturated rings. The van der Waals surface area contributed by atoms with Gasteiger partial charge in [-0.1, -0.05) is 6.07 Å². The van der Waals surface area contributed by atoms with Crippen molar-refractivity contribution in [2.75, 3.05) is 11.9 Å². The number of aromatic nitrogens is 1. The van der Waals surface area contributed by atoms with Crippen molar-refractivity contribution >= 4 is 28.1 Å². The Balaban J connectivity index is 2.27. The molecule has 1 atom stereocenters. The molecule has 3 N–H and O–H groups in total. The number of thiazole rings is 1. The van der Waals surface area contributed by atoms with Gasteiger partial charge in [0, 0.05) is 18.1 Å². The highest BCUT2D eigenvalue weighted by atomic mass is 32.1. The fourth-order valence-electron chi connectivity index (χ4n) is 1.59. The number of hydrogen-bond donors (Lipinski definition) is 2. The van der Waals surface area contributed by atoms with Gasteiger partial charge in [-0.3, -0.25) is 4.79 Å². The van der Waals surface area contributed by atoms with E-state index in [0.29, 0.717) is 16.4 Å². The number of carbonyl (C=O) groups is 1. The van der Waals surface area contributed by atoms with E-state index in [1.54, 1.807) is 35.5 Å². The van der Waals surface area contributed by atoms with Crippen LogP contribution in [-0.2, 0) is 4.79 Å². The minimum Gasteiger partial charge on any atom is -0.480 e. The molecular weight excluding hydrogens is 276 g/mol. The molecule has 7 heteroatoms. The summed E-state index contributed by atoms with van der Waals surface area (Å²) in [5.74, 6) is -1.11. The average molecular weight is 288 g/mol. The SMILES string of the molecule is CN(c1cccc(C#N)c1)c1nc(C(N)C(=O)O)cs1. The molecule has 6 nitrogen and oxygen atoms in total. The summed E-state index contributed by atoms with van der Waals surface area (Å²) in [5, 5.41) is 20.0. The van der Waals surface area contributed by atoms with Crippen LogP contribution in [0.5, 0.6) is 0 Å². The maximum atomic E-state index is 10.8. The highest BCUT2D eigenvalue weighted by Crippen LogP contribution is 2.28. The van der Waals surface area contributed by atoms with E-state index in [-0.39, 0.29) is 0 Å². The molecule has 0 radical (unpaired) electrons. The number of nitriles is 1. The van der Waals surface area contributed by atoms with E-state index in [4.69, 9.17) is 16.1 Å². The van der Waals surface area contributed by atoms with Crippen LogP contribution >= 0.6 is 11.3 Å². The molecule has 2 rings (SSSR count). The Labute approximate surface area is 119 Å². The van der Waals surface area contributed by atoms with Crippen molar-refractivity contribution in [3.63, 3.8) is 0 Å². The van der Waals surface area contributed by atoms with Gasteiger partial charge in [0.25, 0.3) is 0 Å². The number of rotatable bonds is 4. The molecule has 0 saturated heterocycles. The maximum Gasteiger partial charge on any atom is 0.326 e. The molecule has 0 amide bonds. The van der Waals surface area contributed by atoms with Crippen molar-refractivity contribution in [2.24, 2.45) is 5.73 Å². The molecule has 0 aliphatic rings. The molecule has 1 heterocycles. The quantitative estimate of drug-likeness (QED) is 0.890. The number of nitrogens with zero attached hydrogens (tertiary/aromatic N) is 3. The zero-order valence-electron chi connectivity index (χ0n) is 10.6. The van der Waals surface area contributed by atoms with Crippen molar-refractivity contribution < 1.29 is 9.90 Å². The van der Waals surface area contributed by atoms with Gasteiger partial charge in [0.15, 0.2) is 5.13 Å². The number of hydrogen-bond acceptors (Lipinski definition) is 6. The van der Waals surface area contributed by atoms with Gasteiger partial charge in [0.1, 0.15) is 6.04 Å². The first-order valence-electron chi connectivity index (χ1n) is 5.70. The number of aliphatic carboxylic acids is 1. The van der Waals surface area contributed by atoms with E-state index in [2.05, 4.69) is 11.1 Å². The molecule has 0 bridgehead atoms. The fourth-order valence-corrected chi connectivity index (χ4v) is 2.44. The van der Waals surface area contributed by atoms with Crippen LogP contribution in [0.15, 0.2) is 29.6 Å². The molecule has 2 aromatic rings. The van der Waals surface area contributed by atoms with E-state index in [0.717, 1.165) is 5.69 Å². The third-order valence-corrected chi connectivity index (χ3v) is 3.68. The van der Waals surface area contributed by atoms with Crippen molar-refractivity contribution in [3.8, 4) is 6.07 Å². The molecule has 102 valence electrons. The number of nitrogens with two attached hydrogens (primary N) is 1. The molecule has 1 aromatic carbocycles. The van der Waals surface area contributed by atoms with Gasteiger partial charge in [-0.05, 0) is 18.2 Å². The Hall–Kier alpha value is -2.43. The lowest BCUT2D eigenvalue weighted by atomic mass is 10.2. The third kappa shape index (κ3) is 2.77. The highest BCUT2D eigenvalue weighted by molar-refractivity contribution is 7.13. The summed E-state index contributed by atoms with van der Waals surface area (Å²) in [7, 11) is 1.80. The summed E-state index contributed by atoms with van der Waals surface area (Å²) < 4.78 is 0. The summed E-state index contributed by atoms with van der Waals surface area (Å²) in [6, 6.07) is 8.02. The van der Waals surface area contributed by atoms with Crippen molar-refractivity contribution in [1.29, 1.82) is 5.26 Å². The van der Waals surface area contributed by atoms with E-state index >= 15 is 0 Å². The number of anilines is 2. The molecule has 0 aliphatic heterocycles. The monoisotopic (exact) mass is 288 g/mol. The van der Waals surface area contributed by atoms with Crippen LogP contribution < -0.4 is 10.6 Å². The Kier molecular flexibility index (Phi) is 3.98. The Morgan fingerprint density at radius 1 is 1.60 bits per heavy atom. The normalized spacial score (nSPS) is 11.7. The van der Waals surface area contributed by atoms with Crippen LogP contribution in [0.25, 0.3) is 0 Å². The Bertz CT molecular complexity index is 677. The highest BCUT2D eigenvalue weighted by Gasteiger charge is 2.19. The fraction of sp³-hybridized carbons (Fsp3) is 0.154. The lowest BCUT2D eigenvalue weighted by Crippen LogP contribution is -2.21. The zero-order valence-corrected chi connectivity index (χ0v) is 11.5. The standard InChI is InChI=1S/C13H12N4O2S/c1-17(9-4-2-3-8(5-9)6-14)13-16-10(7-20-13)11(15)12(18)19/h2-5,7,11H,15H2,1H3,(H,18,19). The zero-order chi connectivity index (χ0) is 14.7. The summed E-state index contributed by atoms with van der Waals surface area (Å²) >= 11 is 1.30. The maximum absolute atomic E-state index is 10.8. The predicted molar refractivity (Wildman–Crippen MR) is 75.9 cm³/mol. The van der Waals surface area contributed by atoms with E-state index < -0.39 is 12.0 Å². The minimum absolute atomic E-state index is 0.320. The molecule has 0 aliphatic carbocycles. The van der Waals surface area contributed by atoms with Gasteiger partial charge in [0.2, 0.25) is 0 Å². The molecule has 0 spiro atoms. The lowest BCUT2D eigenvalue weighted by Gasteiger charge is -2.15. The topological polar surface area (TPSA) is 103 Å². The second-order valence-electron chi connectivity index (χ2n) is 4.09. The predicted octanol–water partition coefficient (Wildman–Crippen LogP) is 1.87. The van der Waals surface area contributed by atoms with E-state index in [9.17, 15) is 4.79 Å². The summed E-state index contributed by atoms with van der Waals surface area (Å²) in [6.45, 7) is 0. The van der Waals surface area contributed by atoms with Crippen LogP contribution in [0.4, 0.5) is 10.8 Å². The second kappa shape index (κ2) is 5.69. The van der Waals surface area contributed by atoms with E-state index in [1.165, 1.54) is 11.3 Å².